The second kappa shape index (κ2) is 28.5. The highest BCUT2D eigenvalue weighted by Crippen LogP contribution is 2.30. The highest BCUT2D eigenvalue weighted by molar-refractivity contribution is 6.03. The first-order valence-corrected chi connectivity index (χ1v) is 24.2. The number of rotatable bonds is 35. The van der Waals surface area contributed by atoms with Gasteiger partial charge in [-0.1, -0.05) is 97.1 Å². The first-order valence-electron chi connectivity index (χ1n) is 24.2. The molecule has 4 aromatic rings. The van der Waals surface area contributed by atoms with Crippen LogP contribution in [0.1, 0.15) is 131 Å². The first-order chi connectivity index (χ1) is 34.0. The van der Waals surface area contributed by atoms with Gasteiger partial charge in [0.2, 0.25) is 0 Å². The molecule has 0 aliphatic heterocycles. The van der Waals surface area contributed by atoms with Crippen LogP contribution in [0.2, 0.25) is 0 Å². The van der Waals surface area contributed by atoms with E-state index in [0.29, 0.717) is 88.3 Å². The van der Waals surface area contributed by atoms with Crippen LogP contribution < -0.4 is 0 Å². The van der Waals surface area contributed by atoms with Crippen molar-refractivity contribution in [3.8, 4) is 0 Å². The second-order valence-electron chi connectivity index (χ2n) is 19.2. The summed E-state index contributed by atoms with van der Waals surface area (Å²) in [5.41, 5.74) is -1.54. The Morgan fingerprint density at radius 3 is 0.611 bits per heavy atom. The topological polar surface area (TPSA) is 223 Å². The molecule has 16 heteroatoms. The molecule has 4 rings (SSSR count). The lowest BCUT2D eigenvalue weighted by Crippen LogP contribution is -2.31. The van der Waals surface area contributed by atoms with Crippen molar-refractivity contribution in [1.82, 2.24) is 0 Å². The minimum absolute atomic E-state index is 0.240. The molecule has 72 heavy (non-hydrogen) atoms. The highest BCUT2D eigenvalue weighted by atomic mass is 16.6. The third-order valence-corrected chi connectivity index (χ3v) is 11.0. The molecule has 0 unspecified atom stereocenters. The normalized spacial score (nSPS) is 12.5. The molecule has 4 N–H and O–H groups in total. The molecule has 0 bridgehead atoms. The van der Waals surface area contributed by atoms with E-state index in [2.05, 4.69) is 0 Å². The number of ketones is 4. The maximum Gasteiger partial charge on any atom is 0.193 e. The Balaban J connectivity index is 1.05. The molecule has 0 spiro atoms. The average Bonchev–Trinajstić information content (AvgIpc) is 3.33. The Morgan fingerprint density at radius 1 is 0.306 bits per heavy atom. The van der Waals surface area contributed by atoms with Crippen molar-refractivity contribution in [2.75, 3.05) is 92.5 Å². The van der Waals surface area contributed by atoms with Gasteiger partial charge in [-0.25, -0.2) is 0 Å². The average molecular weight is 1000 g/mol. The van der Waals surface area contributed by atoms with Crippen molar-refractivity contribution >= 4 is 23.1 Å². The zero-order chi connectivity index (χ0) is 53.0. The van der Waals surface area contributed by atoms with Gasteiger partial charge in [0.05, 0.1) is 92.5 Å². The fourth-order valence-corrected chi connectivity index (χ4v) is 7.07. The van der Waals surface area contributed by atoms with Gasteiger partial charge in [0, 0.05) is 22.3 Å². The standard InChI is InChI=1S/C56H74O16/c1-53(2,61)49(57)43-17-9-39(10-18-43)47(40-11-19-44(20-12-40)50(58)54(3,4)62)71-37-35-69-33-31-67-29-27-65-25-26-66-28-30-68-32-34-70-36-38-72-48(41-13-21-45(22-14-41)51(59)55(5,6)63)42-15-23-46(24-16-42)52(60)56(7,8)64/h9-24,47-48,61-64H,25-38H2,1-8H3. The zero-order valence-electron chi connectivity index (χ0n) is 43.0. The Hall–Kier alpha value is -4.92. The predicted molar refractivity (Wildman–Crippen MR) is 269 cm³/mol. The SMILES string of the molecule is CC(C)(O)C(=O)c1ccc(C(OCCOCCOCCOCCOCCOCCOCCOC(c2ccc(C(=O)C(C)(C)O)cc2)c2ccc(C(=O)C(C)(C)O)cc2)c2ccc(C(=O)C(C)(C)O)cc2)cc1. The summed E-state index contributed by atoms with van der Waals surface area (Å²) in [4.78, 5) is 50.3. The van der Waals surface area contributed by atoms with E-state index < -0.39 is 57.7 Å². The van der Waals surface area contributed by atoms with Crippen LogP contribution in [0.15, 0.2) is 97.1 Å². The van der Waals surface area contributed by atoms with Crippen LogP contribution in [0.5, 0.6) is 0 Å². The Morgan fingerprint density at radius 2 is 0.458 bits per heavy atom. The predicted octanol–water partition coefficient (Wildman–Crippen LogP) is 6.51. The molecule has 0 aliphatic carbocycles. The summed E-state index contributed by atoms with van der Waals surface area (Å²) >= 11 is 0. The number of carbonyl (C=O) groups is 4. The summed E-state index contributed by atoms with van der Waals surface area (Å²) in [5, 5.41) is 40.7. The molecule has 0 radical (unpaired) electrons. The second-order valence-corrected chi connectivity index (χ2v) is 19.2. The summed E-state index contributed by atoms with van der Waals surface area (Å²) in [5.74, 6) is -1.60. The number of hydrogen-bond donors (Lipinski definition) is 4. The van der Waals surface area contributed by atoms with E-state index in [1.807, 2.05) is 0 Å². The molecule has 0 saturated heterocycles. The van der Waals surface area contributed by atoms with Crippen molar-refractivity contribution in [2.45, 2.75) is 90.0 Å². The van der Waals surface area contributed by atoms with Crippen molar-refractivity contribution in [2.24, 2.45) is 0 Å². The van der Waals surface area contributed by atoms with Gasteiger partial charge < -0.3 is 58.3 Å². The molecule has 4 aromatic carbocycles. The summed E-state index contributed by atoms with van der Waals surface area (Å²) < 4.78 is 46.3. The monoisotopic (exact) mass is 1000 g/mol. The summed E-state index contributed by atoms with van der Waals surface area (Å²) in [6, 6.07) is 27.3. The Bertz CT molecular complexity index is 1960. The lowest BCUT2D eigenvalue weighted by molar-refractivity contribution is -0.0273. The van der Waals surface area contributed by atoms with Gasteiger partial charge in [0.1, 0.15) is 34.6 Å². The van der Waals surface area contributed by atoms with Crippen LogP contribution in [-0.2, 0) is 37.9 Å². The summed E-state index contributed by atoms with van der Waals surface area (Å²) in [6.07, 6.45) is -1.09. The van der Waals surface area contributed by atoms with Crippen LogP contribution in [-0.4, -0.2) is 158 Å². The number of ether oxygens (including phenoxy) is 8. The minimum atomic E-state index is -1.51. The zero-order valence-corrected chi connectivity index (χ0v) is 43.0. The molecule has 0 saturated carbocycles. The largest absolute Gasteiger partial charge is 0.382 e. The van der Waals surface area contributed by atoms with E-state index in [-0.39, 0.29) is 26.4 Å². The molecule has 16 nitrogen and oxygen atoms in total. The fourth-order valence-electron chi connectivity index (χ4n) is 7.07. The van der Waals surface area contributed by atoms with Crippen molar-refractivity contribution in [1.29, 1.82) is 0 Å². The van der Waals surface area contributed by atoms with Crippen molar-refractivity contribution in [3.05, 3.63) is 142 Å². The van der Waals surface area contributed by atoms with E-state index in [1.54, 1.807) is 97.1 Å². The van der Waals surface area contributed by atoms with Crippen molar-refractivity contribution < 1.29 is 77.5 Å². The molecule has 0 aromatic heterocycles. The number of aliphatic hydroxyl groups is 4. The van der Waals surface area contributed by atoms with Crippen molar-refractivity contribution in [3.63, 3.8) is 0 Å². The van der Waals surface area contributed by atoms with Gasteiger partial charge in [-0.2, -0.15) is 0 Å². The van der Waals surface area contributed by atoms with E-state index in [0.717, 1.165) is 22.3 Å². The number of benzene rings is 4. The highest BCUT2D eigenvalue weighted by Gasteiger charge is 2.29. The van der Waals surface area contributed by atoms with Crippen LogP contribution >= 0.6 is 0 Å². The minimum Gasteiger partial charge on any atom is -0.382 e. The van der Waals surface area contributed by atoms with E-state index >= 15 is 0 Å². The molecule has 0 amide bonds. The maximum absolute atomic E-state index is 12.6. The van der Waals surface area contributed by atoms with Gasteiger partial charge in [-0.3, -0.25) is 19.2 Å². The van der Waals surface area contributed by atoms with E-state index in [1.165, 1.54) is 55.4 Å². The van der Waals surface area contributed by atoms with Crippen LogP contribution in [0.3, 0.4) is 0 Å². The quantitative estimate of drug-likeness (QED) is 0.0285. The molecule has 0 atom stereocenters. The maximum atomic E-state index is 12.6. The van der Waals surface area contributed by atoms with Gasteiger partial charge >= 0.3 is 0 Å². The Kier molecular flexibility index (Phi) is 23.6. The van der Waals surface area contributed by atoms with Gasteiger partial charge in [0.15, 0.2) is 23.1 Å². The van der Waals surface area contributed by atoms with E-state index in [4.69, 9.17) is 37.9 Å². The lowest BCUT2D eigenvalue weighted by atomic mass is 9.92. The number of hydrogen-bond acceptors (Lipinski definition) is 16. The fraction of sp³-hybridized carbons (Fsp3) is 0.500. The number of carbonyl (C=O) groups excluding carboxylic acids is 4. The molecular weight excluding hydrogens is 929 g/mol. The third-order valence-electron chi connectivity index (χ3n) is 11.0. The summed E-state index contributed by atoms with van der Waals surface area (Å²) in [6.45, 7) is 16.3. The van der Waals surface area contributed by atoms with E-state index in [9.17, 15) is 39.6 Å². The lowest BCUT2D eigenvalue weighted by Gasteiger charge is -2.21. The smallest absolute Gasteiger partial charge is 0.193 e. The summed E-state index contributed by atoms with van der Waals surface area (Å²) in [7, 11) is 0. The van der Waals surface area contributed by atoms with Gasteiger partial charge in [-0.05, 0) is 77.6 Å². The molecule has 394 valence electrons. The van der Waals surface area contributed by atoms with Crippen LogP contribution in [0, 0.1) is 0 Å². The van der Waals surface area contributed by atoms with Crippen LogP contribution in [0.25, 0.3) is 0 Å². The van der Waals surface area contributed by atoms with Gasteiger partial charge in [0.25, 0.3) is 0 Å². The van der Waals surface area contributed by atoms with Gasteiger partial charge in [-0.15, -0.1) is 0 Å². The molecule has 0 fully saturated rings. The Labute approximate surface area is 423 Å². The van der Waals surface area contributed by atoms with Crippen LogP contribution in [0.4, 0.5) is 0 Å². The molecule has 0 heterocycles. The third kappa shape index (κ3) is 19.8. The first kappa shape index (κ1) is 59.6. The molecular formula is C56H74O16. The number of Topliss-reactive ketones (excluding diaryl/α,β-unsaturated/α-hetero) is 4. The molecule has 0 aliphatic rings.